The Kier molecular flexibility index (Phi) is 5.63. The van der Waals surface area contributed by atoms with Crippen molar-refractivity contribution in [2.24, 2.45) is 5.92 Å². The van der Waals surface area contributed by atoms with Crippen LogP contribution >= 0.6 is 0 Å². The Labute approximate surface area is 176 Å². The molecular formula is C20H28N4O5S. The number of hydrogen-bond donors (Lipinski definition) is 0. The fourth-order valence-corrected chi connectivity index (χ4v) is 5.41. The van der Waals surface area contributed by atoms with Crippen LogP contribution in [0.5, 0.6) is 11.5 Å². The second-order valence-electron chi connectivity index (χ2n) is 8.00. The van der Waals surface area contributed by atoms with Crippen LogP contribution in [0.1, 0.15) is 31.5 Å². The van der Waals surface area contributed by atoms with E-state index in [9.17, 15) is 13.2 Å². The number of hydrogen-bond acceptors (Lipinski definition) is 6. The number of nitrogens with zero attached hydrogens (tertiary/aromatic N) is 4. The lowest BCUT2D eigenvalue weighted by Gasteiger charge is -2.26. The topological polar surface area (TPSA) is 95.7 Å². The second kappa shape index (κ2) is 8.07. The molecule has 0 spiro atoms. The maximum absolute atomic E-state index is 13.2. The van der Waals surface area contributed by atoms with Gasteiger partial charge in [0.25, 0.3) is 0 Å². The van der Waals surface area contributed by atoms with E-state index in [4.69, 9.17) is 9.47 Å². The van der Waals surface area contributed by atoms with E-state index in [1.165, 1.54) is 30.7 Å². The predicted molar refractivity (Wildman–Crippen MR) is 110 cm³/mol. The molecule has 1 fully saturated rings. The van der Waals surface area contributed by atoms with Crippen molar-refractivity contribution < 1.29 is 17.9 Å². The van der Waals surface area contributed by atoms with Crippen molar-refractivity contribution >= 4 is 10.0 Å². The van der Waals surface area contributed by atoms with Crippen molar-refractivity contribution in [1.29, 1.82) is 0 Å². The minimum Gasteiger partial charge on any atom is -0.493 e. The molecule has 9 nitrogen and oxygen atoms in total. The van der Waals surface area contributed by atoms with Gasteiger partial charge in [-0.2, -0.15) is 9.40 Å². The standard InChI is InChI=1S/C20H28N4O5S/c1-22(30(26,27)16-7-8-17(28-2)18(12-16)29-3)15-6-9-19-21-24(13-14-4-5-14)20(25)23(19)11-10-15/h7-8,12,14-15H,4-6,9-11,13H2,1-3H3. The number of methoxy groups -OCH3 is 2. The van der Waals surface area contributed by atoms with Crippen LogP contribution in [0.25, 0.3) is 0 Å². The Hall–Kier alpha value is -2.33. The first-order chi connectivity index (χ1) is 14.3. The number of aryl methyl sites for hydroxylation is 1. The second-order valence-corrected chi connectivity index (χ2v) is 9.99. The predicted octanol–water partition coefficient (Wildman–Crippen LogP) is 1.50. The molecule has 2 aliphatic rings. The van der Waals surface area contributed by atoms with Gasteiger partial charge in [-0.1, -0.05) is 0 Å². The van der Waals surface area contributed by atoms with Gasteiger partial charge in [0.1, 0.15) is 5.82 Å². The molecule has 164 valence electrons. The van der Waals surface area contributed by atoms with E-state index in [1.54, 1.807) is 22.4 Å². The average molecular weight is 437 g/mol. The summed E-state index contributed by atoms with van der Waals surface area (Å²) in [5.41, 5.74) is -0.0806. The number of benzene rings is 1. The molecule has 1 aromatic carbocycles. The zero-order valence-corrected chi connectivity index (χ0v) is 18.4. The van der Waals surface area contributed by atoms with Crippen LogP contribution in [-0.2, 0) is 29.5 Å². The number of rotatable bonds is 7. The lowest BCUT2D eigenvalue weighted by atomic mass is 10.1. The Morgan fingerprint density at radius 2 is 1.87 bits per heavy atom. The van der Waals surface area contributed by atoms with Crippen molar-refractivity contribution in [3.63, 3.8) is 0 Å². The van der Waals surface area contributed by atoms with E-state index in [1.807, 2.05) is 0 Å². The van der Waals surface area contributed by atoms with Crippen LogP contribution < -0.4 is 15.2 Å². The highest BCUT2D eigenvalue weighted by atomic mass is 32.2. The molecule has 0 radical (unpaired) electrons. The molecule has 10 heteroatoms. The van der Waals surface area contributed by atoms with Crippen LogP contribution in [0.4, 0.5) is 0 Å². The first-order valence-corrected chi connectivity index (χ1v) is 11.7. The van der Waals surface area contributed by atoms with Crippen LogP contribution in [0.15, 0.2) is 27.9 Å². The van der Waals surface area contributed by atoms with Crippen LogP contribution in [0.3, 0.4) is 0 Å². The molecule has 2 heterocycles. The fraction of sp³-hybridized carbons (Fsp3) is 0.600. The molecule has 0 amide bonds. The maximum atomic E-state index is 13.2. The van der Waals surface area contributed by atoms with Crippen LogP contribution in [0.2, 0.25) is 0 Å². The third-order valence-electron chi connectivity index (χ3n) is 6.06. The summed E-state index contributed by atoms with van der Waals surface area (Å²) in [5, 5.41) is 4.52. The summed E-state index contributed by atoms with van der Waals surface area (Å²) in [6.45, 7) is 1.16. The summed E-state index contributed by atoms with van der Waals surface area (Å²) >= 11 is 0. The van der Waals surface area contributed by atoms with Crippen molar-refractivity contribution in [3.05, 3.63) is 34.5 Å². The largest absolute Gasteiger partial charge is 0.493 e. The molecule has 0 saturated heterocycles. The molecule has 1 unspecified atom stereocenters. The summed E-state index contributed by atoms with van der Waals surface area (Å²) in [7, 11) is 0.848. The van der Waals surface area contributed by atoms with Gasteiger partial charge in [-0.05, 0) is 43.7 Å². The van der Waals surface area contributed by atoms with Gasteiger partial charge >= 0.3 is 5.69 Å². The number of fused-ring (bicyclic) bond motifs is 1. The zero-order chi connectivity index (χ0) is 21.5. The minimum absolute atomic E-state index is 0.0806. The third-order valence-corrected chi connectivity index (χ3v) is 7.97. The monoisotopic (exact) mass is 436 g/mol. The van der Waals surface area contributed by atoms with Crippen molar-refractivity contribution in [1.82, 2.24) is 18.7 Å². The molecule has 1 aliphatic carbocycles. The van der Waals surface area contributed by atoms with Gasteiger partial charge in [-0.3, -0.25) is 4.57 Å². The molecule has 4 rings (SSSR count). The smallest absolute Gasteiger partial charge is 0.345 e. The molecule has 2 aromatic rings. The maximum Gasteiger partial charge on any atom is 0.345 e. The molecule has 0 N–H and O–H groups in total. The number of aromatic nitrogens is 3. The molecule has 1 atom stereocenters. The van der Waals surface area contributed by atoms with Gasteiger partial charge in [0, 0.05) is 38.7 Å². The molecule has 30 heavy (non-hydrogen) atoms. The van der Waals surface area contributed by atoms with Gasteiger partial charge in [-0.15, -0.1) is 0 Å². The molecular weight excluding hydrogens is 408 g/mol. The third kappa shape index (κ3) is 3.85. The Morgan fingerprint density at radius 1 is 1.13 bits per heavy atom. The fourth-order valence-electron chi connectivity index (χ4n) is 3.98. The summed E-state index contributed by atoms with van der Waals surface area (Å²) in [6.07, 6.45) is 4.07. The molecule has 0 bridgehead atoms. The van der Waals surface area contributed by atoms with Gasteiger partial charge in [0.05, 0.1) is 19.1 Å². The van der Waals surface area contributed by atoms with Crippen molar-refractivity contribution in [3.8, 4) is 11.5 Å². The number of ether oxygens (including phenoxy) is 2. The zero-order valence-electron chi connectivity index (χ0n) is 17.6. The summed E-state index contributed by atoms with van der Waals surface area (Å²) in [6, 6.07) is 4.36. The Bertz CT molecular complexity index is 1090. The van der Waals surface area contributed by atoms with E-state index < -0.39 is 10.0 Å². The lowest BCUT2D eigenvalue weighted by Crippen LogP contribution is -2.38. The molecule has 1 aliphatic heterocycles. The van der Waals surface area contributed by atoms with E-state index in [2.05, 4.69) is 5.10 Å². The van der Waals surface area contributed by atoms with E-state index in [-0.39, 0.29) is 16.6 Å². The average Bonchev–Trinajstić information content (AvgIpc) is 3.54. The van der Waals surface area contributed by atoms with Crippen molar-refractivity contribution in [2.45, 2.75) is 56.1 Å². The van der Waals surface area contributed by atoms with E-state index >= 15 is 0 Å². The first kappa shape index (κ1) is 20.9. The summed E-state index contributed by atoms with van der Waals surface area (Å²) in [5.74, 6) is 2.16. The highest BCUT2D eigenvalue weighted by molar-refractivity contribution is 7.89. The molecule has 1 aromatic heterocycles. The van der Waals surface area contributed by atoms with Gasteiger partial charge < -0.3 is 9.47 Å². The minimum atomic E-state index is -3.72. The van der Waals surface area contributed by atoms with Gasteiger partial charge in [0.2, 0.25) is 10.0 Å². The van der Waals surface area contributed by atoms with E-state index in [0.717, 1.165) is 18.7 Å². The quantitative estimate of drug-likeness (QED) is 0.653. The SMILES string of the molecule is COc1ccc(S(=O)(=O)N(C)C2CCc3nn(CC4CC4)c(=O)n3CC2)cc1OC. The number of sulfonamides is 1. The summed E-state index contributed by atoms with van der Waals surface area (Å²) < 4.78 is 41.6. The Balaban J connectivity index is 1.52. The van der Waals surface area contributed by atoms with E-state index in [0.29, 0.717) is 49.8 Å². The lowest BCUT2D eigenvalue weighted by molar-refractivity contribution is 0.327. The Morgan fingerprint density at radius 3 is 2.53 bits per heavy atom. The first-order valence-electron chi connectivity index (χ1n) is 10.2. The highest BCUT2D eigenvalue weighted by Gasteiger charge is 2.32. The normalized spacial score (nSPS) is 19.4. The highest BCUT2D eigenvalue weighted by Crippen LogP contribution is 2.32. The van der Waals surface area contributed by atoms with Crippen molar-refractivity contribution in [2.75, 3.05) is 21.3 Å². The van der Waals surface area contributed by atoms with Crippen LogP contribution in [-0.4, -0.2) is 54.4 Å². The molecule has 1 saturated carbocycles. The summed E-state index contributed by atoms with van der Waals surface area (Å²) in [4.78, 5) is 12.8. The van der Waals surface area contributed by atoms with Gasteiger partial charge in [-0.25, -0.2) is 17.9 Å². The van der Waals surface area contributed by atoms with Crippen LogP contribution in [0, 0.1) is 5.92 Å². The van der Waals surface area contributed by atoms with Gasteiger partial charge in [0.15, 0.2) is 11.5 Å².